The van der Waals surface area contributed by atoms with Crippen LogP contribution in [0.3, 0.4) is 0 Å². The molecule has 3 rings (SSSR count). The highest BCUT2D eigenvalue weighted by molar-refractivity contribution is 6.49. The van der Waals surface area contributed by atoms with Gasteiger partial charge in [-0.25, -0.2) is 9.97 Å². The summed E-state index contributed by atoms with van der Waals surface area (Å²) in [6.07, 6.45) is 7.14. The van der Waals surface area contributed by atoms with Crippen LogP contribution in [0.2, 0.25) is 0 Å². The number of hydrogen-bond acceptors (Lipinski definition) is 6. The summed E-state index contributed by atoms with van der Waals surface area (Å²) < 4.78 is 0. The van der Waals surface area contributed by atoms with Gasteiger partial charge in [0.25, 0.3) is 0 Å². The van der Waals surface area contributed by atoms with Gasteiger partial charge in [-0.1, -0.05) is 24.4 Å². The molecule has 0 saturated carbocycles. The molecule has 1 amide bonds. The van der Waals surface area contributed by atoms with Crippen LogP contribution >= 0.6 is 11.6 Å². The van der Waals surface area contributed by atoms with Crippen molar-refractivity contribution in [1.29, 1.82) is 0 Å². The van der Waals surface area contributed by atoms with Gasteiger partial charge in [0.15, 0.2) is 0 Å². The first-order valence-electron chi connectivity index (χ1n) is 9.13. The van der Waals surface area contributed by atoms with Crippen molar-refractivity contribution >= 4 is 45.6 Å². The number of halogens is 1. The number of carbonyl (C=O) groups is 1. The third-order valence-corrected chi connectivity index (χ3v) is 4.78. The maximum Gasteiger partial charge on any atom is 0.227 e. The first-order valence-corrected chi connectivity index (χ1v) is 9.51. The van der Waals surface area contributed by atoms with E-state index in [0.717, 1.165) is 16.8 Å². The van der Waals surface area contributed by atoms with Crippen LogP contribution in [-0.2, 0) is 11.2 Å². The maximum absolute atomic E-state index is 11.4. The van der Waals surface area contributed by atoms with Crippen LogP contribution in [0.5, 0.6) is 0 Å². The summed E-state index contributed by atoms with van der Waals surface area (Å²) in [6.45, 7) is 5.05. The largest absolute Gasteiger partial charge is 0.374 e. The third kappa shape index (κ3) is 4.86. The summed E-state index contributed by atoms with van der Waals surface area (Å²) in [5, 5.41) is 18.9. The molecule has 1 aliphatic carbocycles. The third-order valence-electron chi connectivity index (χ3n) is 4.37. The van der Waals surface area contributed by atoms with E-state index < -0.39 is 6.23 Å². The number of allylic oxidation sites excluding steroid dienone is 1. The summed E-state index contributed by atoms with van der Waals surface area (Å²) >= 11 is 6.42. The van der Waals surface area contributed by atoms with Crippen LogP contribution in [0.4, 0.5) is 23.0 Å². The Hall–Kier alpha value is -3.08. The molecule has 8 heteroatoms. The molecule has 1 aromatic carbocycles. The Morgan fingerprint density at radius 3 is 2.69 bits per heavy atom. The Kier molecular flexibility index (Phi) is 6.06. The predicted molar refractivity (Wildman–Crippen MR) is 116 cm³/mol. The summed E-state index contributed by atoms with van der Waals surface area (Å²) in [6, 6.07) is 5.26. The van der Waals surface area contributed by atoms with Gasteiger partial charge in [-0.05, 0) is 37.5 Å². The minimum absolute atomic E-state index is 0.104. The number of amides is 1. The smallest absolute Gasteiger partial charge is 0.227 e. The maximum atomic E-state index is 11.4. The van der Waals surface area contributed by atoms with Gasteiger partial charge in [0, 0.05) is 41.3 Å². The fraction of sp³-hybridized carbons (Fsp3) is 0.286. The number of nitrogens with zero attached hydrogens (tertiary/aromatic N) is 2. The monoisotopic (exact) mass is 411 g/mol. The highest BCUT2D eigenvalue weighted by atomic mass is 35.5. The molecule has 0 bridgehead atoms. The van der Waals surface area contributed by atoms with Crippen molar-refractivity contribution in [2.24, 2.45) is 5.92 Å². The molecule has 1 aliphatic rings. The van der Waals surface area contributed by atoms with Gasteiger partial charge in [0.1, 0.15) is 6.23 Å². The minimum atomic E-state index is -0.754. The van der Waals surface area contributed by atoms with Gasteiger partial charge < -0.3 is 21.1 Å². The SMILES string of the molecule is C#CC1=C(Cl)c2cnc(Nc3cc(NC(C)=O)cc(NC(C)O)c3)nc2CC1C. The molecule has 0 radical (unpaired) electrons. The minimum Gasteiger partial charge on any atom is -0.374 e. The van der Waals surface area contributed by atoms with E-state index >= 15 is 0 Å². The van der Waals surface area contributed by atoms with Crippen molar-refractivity contribution in [2.45, 2.75) is 33.4 Å². The van der Waals surface area contributed by atoms with Crippen LogP contribution in [-0.4, -0.2) is 27.2 Å². The molecule has 0 spiro atoms. The van der Waals surface area contributed by atoms with Crippen molar-refractivity contribution in [1.82, 2.24) is 9.97 Å². The second kappa shape index (κ2) is 8.52. The van der Waals surface area contributed by atoms with Crippen molar-refractivity contribution < 1.29 is 9.90 Å². The average molecular weight is 412 g/mol. The van der Waals surface area contributed by atoms with Crippen LogP contribution < -0.4 is 16.0 Å². The second-order valence-electron chi connectivity index (χ2n) is 6.96. The lowest BCUT2D eigenvalue weighted by Gasteiger charge is -2.22. The zero-order valence-corrected chi connectivity index (χ0v) is 17.1. The Balaban J connectivity index is 1.92. The van der Waals surface area contributed by atoms with Crippen molar-refractivity contribution in [3.05, 3.63) is 41.2 Å². The van der Waals surface area contributed by atoms with E-state index in [4.69, 9.17) is 18.0 Å². The fourth-order valence-corrected chi connectivity index (χ4v) is 3.60. The molecule has 29 heavy (non-hydrogen) atoms. The Labute approximate surface area is 174 Å². The highest BCUT2D eigenvalue weighted by Crippen LogP contribution is 2.36. The molecule has 0 saturated heterocycles. The number of terminal acetylenes is 1. The summed E-state index contributed by atoms with van der Waals surface area (Å²) in [5.41, 5.74) is 4.17. The molecule has 0 fully saturated rings. The van der Waals surface area contributed by atoms with Crippen LogP contribution in [0.15, 0.2) is 30.0 Å². The van der Waals surface area contributed by atoms with Crippen LogP contribution in [0, 0.1) is 18.3 Å². The first-order chi connectivity index (χ1) is 13.8. The Morgan fingerprint density at radius 2 is 2.03 bits per heavy atom. The molecular formula is C21H22ClN5O2. The number of benzene rings is 1. The number of nitrogens with one attached hydrogen (secondary N) is 3. The molecule has 2 aromatic rings. The van der Waals surface area contributed by atoms with Crippen LogP contribution in [0.25, 0.3) is 5.03 Å². The number of hydrogen-bond donors (Lipinski definition) is 4. The quantitative estimate of drug-likeness (QED) is 0.442. The van der Waals surface area contributed by atoms with Crippen molar-refractivity contribution in [3.63, 3.8) is 0 Å². The Morgan fingerprint density at radius 1 is 1.34 bits per heavy atom. The Bertz CT molecular complexity index is 1030. The zero-order valence-electron chi connectivity index (χ0n) is 16.4. The molecule has 150 valence electrons. The fourth-order valence-electron chi connectivity index (χ4n) is 3.20. The van der Waals surface area contributed by atoms with Gasteiger partial charge in [0.05, 0.1) is 10.7 Å². The molecule has 2 unspecified atom stereocenters. The molecule has 4 N–H and O–H groups in total. The van der Waals surface area contributed by atoms with E-state index in [1.807, 2.05) is 6.92 Å². The lowest BCUT2D eigenvalue weighted by Crippen LogP contribution is -2.15. The van der Waals surface area contributed by atoms with Gasteiger partial charge >= 0.3 is 0 Å². The van der Waals surface area contributed by atoms with Gasteiger partial charge in [-0.2, -0.15) is 0 Å². The van der Waals surface area contributed by atoms with Crippen LogP contribution in [0.1, 0.15) is 32.0 Å². The number of rotatable bonds is 5. The number of aromatic nitrogens is 2. The molecule has 2 atom stereocenters. The lowest BCUT2D eigenvalue weighted by atomic mass is 9.88. The number of aliphatic hydroxyl groups excluding tert-OH is 1. The summed E-state index contributed by atoms with van der Waals surface area (Å²) in [4.78, 5) is 20.4. The van der Waals surface area contributed by atoms with Crippen molar-refractivity contribution in [2.75, 3.05) is 16.0 Å². The molecule has 7 nitrogen and oxygen atoms in total. The average Bonchev–Trinajstić information content (AvgIpc) is 2.60. The van der Waals surface area contributed by atoms with Gasteiger partial charge in [-0.3, -0.25) is 4.79 Å². The lowest BCUT2D eigenvalue weighted by molar-refractivity contribution is -0.114. The van der Waals surface area contributed by atoms with Gasteiger partial charge in [-0.15, -0.1) is 6.42 Å². The van der Waals surface area contributed by atoms with E-state index in [-0.39, 0.29) is 11.8 Å². The number of anilines is 4. The predicted octanol–water partition coefficient (Wildman–Crippen LogP) is 3.70. The molecule has 1 heterocycles. The number of aliphatic hydroxyl groups is 1. The standard InChI is InChI=1S/C21H22ClN5O2/c1-5-17-11(2)6-19-18(20(17)22)10-23-21(27-19)26-16-8-14(24-12(3)28)7-15(9-16)25-13(4)29/h1,7-12,24,28H,6H2,2-4H3,(H,25,29)(H,23,26,27). The zero-order chi connectivity index (χ0) is 21.1. The molecular weight excluding hydrogens is 390 g/mol. The number of carbonyl (C=O) groups excluding carboxylic acids is 1. The summed E-state index contributed by atoms with van der Waals surface area (Å²) in [7, 11) is 0. The topological polar surface area (TPSA) is 99.2 Å². The second-order valence-corrected chi connectivity index (χ2v) is 7.33. The van der Waals surface area contributed by atoms with Gasteiger partial charge in [0.2, 0.25) is 11.9 Å². The van der Waals surface area contributed by atoms with E-state index in [1.54, 1.807) is 31.3 Å². The summed E-state index contributed by atoms with van der Waals surface area (Å²) in [5.74, 6) is 2.96. The van der Waals surface area contributed by atoms with E-state index in [2.05, 4.69) is 31.8 Å². The van der Waals surface area contributed by atoms with E-state index in [9.17, 15) is 9.90 Å². The number of fused-ring (bicyclic) bond motifs is 1. The van der Waals surface area contributed by atoms with E-state index in [0.29, 0.717) is 34.5 Å². The molecule has 0 aliphatic heterocycles. The normalized spacial score (nSPS) is 16.5. The first kappa shape index (κ1) is 20.6. The highest BCUT2D eigenvalue weighted by Gasteiger charge is 2.24. The van der Waals surface area contributed by atoms with Crippen molar-refractivity contribution in [3.8, 4) is 12.3 Å². The van der Waals surface area contributed by atoms with E-state index in [1.165, 1.54) is 6.92 Å². The molecule has 1 aromatic heterocycles.